The van der Waals surface area contributed by atoms with Gasteiger partial charge in [0.05, 0.1) is 10.6 Å². The van der Waals surface area contributed by atoms with E-state index < -0.39 is 4.92 Å². The second-order valence-corrected chi connectivity index (χ2v) is 5.54. The molecule has 0 amide bonds. The highest BCUT2D eigenvalue weighted by Crippen LogP contribution is 2.31. The van der Waals surface area contributed by atoms with Crippen molar-refractivity contribution < 1.29 is 14.4 Å². The van der Waals surface area contributed by atoms with E-state index in [1.54, 1.807) is 6.07 Å². The normalized spacial score (nSPS) is 11.5. The third-order valence-corrected chi connectivity index (χ3v) is 3.94. The number of benzene rings is 3. The molecule has 0 unspecified atom stereocenters. The first-order valence-electron chi connectivity index (χ1n) is 7.54. The Balaban J connectivity index is 1.73. The zero-order chi connectivity index (χ0) is 17.4. The Bertz CT molecular complexity index is 1140. The lowest BCUT2D eigenvalue weighted by Crippen LogP contribution is -1.90. The molecule has 0 aliphatic carbocycles. The van der Waals surface area contributed by atoms with Gasteiger partial charge < -0.3 is 9.52 Å². The molecule has 122 valence electrons. The topological polar surface area (TPSA) is 88.9 Å². The van der Waals surface area contributed by atoms with Crippen LogP contribution in [0.2, 0.25) is 0 Å². The van der Waals surface area contributed by atoms with Crippen molar-refractivity contribution in [2.45, 2.75) is 0 Å². The smallest absolute Gasteiger partial charge is 0.270 e. The molecule has 25 heavy (non-hydrogen) atoms. The molecule has 1 aromatic heterocycles. The van der Waals surface area contributed by atoms with Crippen molar-refractivity contribution in [3.8, 4) is 5.75 Å². The van der Waals surface area contributed by atoms with Crippen LogP contribution in [0.15, 0.2) is 70.1 Å². The highest BCUT2D eigenvalue weighted by atomic mass is 16.6. The fourth-order valence-electron chi connectivity index (χ4n) is 2.70. The van der Waals surface area contributed by atoms with Crippen LogP contribution in [0.25, 0.3) is 21.9 Å². The lowest BCUT2D eigenvalue weighted by Gasteiger charge is -1.99. The predicted octanol–water partition coefficient (Wildman–Crippen LogP) is 4.95. The minimum atomic E-state index is -0.517. The molecule has 6 nitrogen and oxygen atoms in total. The molecule has 0 saturated carbocycles. The van der Waals surface area contributed by atoms with Crippen molar-refractivity contribution in [2.24, 2.45) is 4.99 Å². The van der Waals surface area contributed by atoms with Crippen LogP contribution >= 0.6 is 0 Å². The van der Waals surface area contributed by atoms with Gasteiger partial charge in [0.25, 0.3) is 5.69 Å². The summed E-state index contributed by atoms with van der Waals surface area (Å²) in [5.41, 5.74) is 2.30. The molecule has 1 N–H and O–H groups in total. The minimum Gasteiger partial charge on any atom is -0.507 e. The number of phenolic OH excluding ortho intramolecular Hbond substituents is 1. The molecular weight excluding hydrogens is 320 g/mol. The van der Waals surface area contributed by atoms with Gasteiger partial charge in [0, 0.05) is 40.7 Å². The second-order valence-electron chi connectivity index (χ2n) is 5.54. The zero-order valence-corrected chi connectivity index (χ0v) is 12.9. The number of phenols is 1. The molecule has 4 aromatic rings. The number of hydrogen-bond donors (Lipinski definition) is 1. The monoisotopic (exact) mass is 332 g/mol. The molecular formula is C19H12N2O4. The van der Waals surface area contributed by atoms with E-state index in [2.05, 4.69) is 4.99 Å². The summed E-state index contributed by atoms with van der Waals surface area (Å²) in [4.78, 5) is 14.6. The Hall–Kier alpha value is -3.67. The maximum absolute atomic E-state index is 10.8. The third-order valence-electron chi connectivity index (χ3n) is 3.94. The van der Waals surface area contributed by atoms with E-state index in [9.17, 15) is 15.2 Å². The Morgan fingerprint density at radius 3 is 2.64 bits per heavy atom. The lowest BCUT2D eigenvalue weighted by molar-refractivity contribution is -0.384. The fourth-order valence-corrected chi connectivity index (χ4v) is 2.70. The summed E-state index contributed by atoms with van der Waals surface area (Å²) < 4.78 is 5.81. The Labute approximate surface area is 141 Å². The van der Waals surface area contributed by atoms with E-state index in [-0.39, 0.29) is 17.0 Å². The van der Waals surface area contributed by atoms with Gasteiger partial charge >= 0.3 is 0 Å². The first-order valence-corrected chi connectivity index (χ1v) is 7.54. The van der Waals surface area contributed by atoms with Crippen molar-refractivity contribution in [1.29, 1.82) is 0 Å². The zero-order valence-electron chi connectivity index (χ0n) is 12.9. The number of rotatable bonds is 3. The average molecular weight is 332 g/mol. The number of hydrogen-bond acceptors (Lipinski definition) is 5. The van der Waals surface area contributed by atoms with Crippen LogP contribution in [0.4, 0.5) is 11.4 Å². The van der Waals surface area contributed by atoms with Crippen molar-refractivity contribution in [1.82, 2.24) is 0 Å². The lowest BCUT2D eigenvalue weighted by atomic mass is 10.1. The number of non-ortho nitro benzene ring substituents is 1. The van der Waals surface area contributed by atoms with Gasteiger partial charge in [-0.1, -0.05) is 18.2 Å². The van der Waals surface area contributed by atoms with Crippen LogP contribution in [0.1, 0.15) is 5.56 Å². The number of nitro benzene ring substituents is 1. The molecule has 0 aliphatic heterocycles. The Morgan fingerprint density at radius 1 is 1.00 bits per heavy atom. The number of nitrogens with zero attached hydrogens (tertiary/aromatic N) is 2. The first kappa shape index (κ1) is 14.9. The fraction of sp³-hybridized carbons (Fsp3) is 0. The highest BCUT2D eigenvalue weighted by Gasteiger charge is 2.09. The SMILES string of the molecule is O=[N+]([O-])c1ccc(O)c(C=Nc2ccc3c(c2)oc2ccccc23)c1. The summed E-state index contributed by atoms with van der Waals surface area (Å²) >= 11 is 0. The summed E-state index contributed by atoms with van der Waals surface area (Å²) in [6.07, 6.45) is 1.39. The molecule has 0 spiro atoms. The molecule has 3 aromatic carbocycles. The van der Waals surface area contributed by atoms with Gasteiger partial charge in [-0.3, -0.25) is 15.1 Å². The highest BCUT2D eigenvalue weighted by molar-refractivity contribution is 6.05. The van der Waals surface area contributed by atoms with E-state index in [0.29, 0.717) is 11.3 Å². The maximum Gasteiger partial charge on any atom is 0.270 e. The van der Waals surface area contributed by atoms with Gasteiger partial charge in [-0.15, -0.1) is 0 Å². The molecule has 0 saturated heterocycles. The molecule has 6 heteroatoms. The van der Waals surface area contributed by atoms with E-state index >= 15 is 0 Å². The number of furan rings is 1. The van der Waals surface area contributed by atoms with Crippen LogP contribution in [0, 0.1) is 10.1 Å². The van der Waals surface area contributed by atoms with E-state index in [1.807, 2.05) is 36.4 Å². The van der Waals surface area contributed by atoms with Gasteiger partial charge in [0.2, 0.25) is 0 Å². The van der Waals surface area contributed by atoms with Gasteiger partial charge in [-0.25, -0.2) is 0 Å². The Morgan fingerprint density at radius 2 is 1.80 bits per heavy atom. The van der Waals surface area contributed by atoms with Crippen LogP contribution < -0.4 is 0 Å². The van der Waals surface area contributed by atoms with Crippen molar-refractivity contribution in [3.05, 3.63) is 76.3 Å². The van der Waals surface area contributed by atoms with Gasteiger partial charge in [-0.2, -0.15) is 0 Å². The summed E-state index contributed by atoms with van der Waals surface area (Å²) in [5.74, 6) is -0.0702. The van der Waals surface area contributed by atoms with Crippen molar-refractivity contribution >= 4 is 39.5 Å². The quantitative estimate of drug-likeness (QED) is 0.326. The summed E-state index contributed by atoms with van der Waals surface area (Å²) in [6, 6.07) is 17.1. The molecule has 0 bridgehead atoms. The summed E-state index contributed by atoms with van der Waals surface area (Å²) in [6.45, 7) is 0. The second kappa shape index (κ2) is 5.76. The minimum absolute atomic E-state index is 0.0702. The number of fused-ring (bicyclic) bond motifs is 3. The van der Waals surface area contributed by atoms with Crippen LogP contribution in [-0.4, -0.2) is 16.2 Å². The maximum atomic E-state index is 10.8. The summed E-state index contributed by atoms with van der Waals surface area (Å²) in [5, 5.41) is 22.7. The van der Waals surface area contributed by atoms with E-state index in [4.69, 9.17) is 4.42 Å². The molecule has 0 radical (unpaired) electrons. The number of para-hydroxylation sites is 1. The van der Waals surface area contributed by atoms with Gasteiger partial charge in [0.1, 0.15) is 16.9 Å². The molecule has 0 fully saturated rings. The van der Waals surface area contributed by atoms with E-state index in [1.165, 1.54) is 24.4 Å². The van der Waals surface area contributed by atoms with Gasteiger partial charge in [-0.05, 0) is 24.3 Å². The Kier molecular flexibility index (Phi) is 3.43. The third kappa shape index (κ3) is 2.70. The largest absolute Gasteiger partial charge is 0.507 e. The van der Waals surface area contributed by atoms with Crippen molar-refractivity contribution in [2.75, 3.05) is 0 Å². The number of nitro groups is 1. The van der Waals surface area contributed by atoms with Crippen LogP contribution in [0.5, 0.6) is 5.75 Å². The number of aromatic hydroxyl groups is 1. The summed E-state index contributed by atoms with van der Waals surface area (Å²) in [7, 11) is 0. The molecule has 1 heterocycles. The van der Waals surface area contributed by atoms with Crippen LogP contribution in [-0.2, 0) is 0 Å². The predicted molar refractivity (Wildman–Crippen MR) is 95.7 cm³/mol. The van der Waals surface area contributed by atoms with Gasteiger partial charge in [0.15, 0.2) is 0 Å². The molecule has 4 rings (SSSR count). The first-order chi connectivity index (χ1) is 12.1. The van der Waals surface area contributed by atoms with Crippen molar-refractivity contribution in [3.63, 3.8) is 0 Å². The molecule has 0 atom stereocenters. The van der Waals surface area contributed by atoms with Crippen LogP contribution in [0.3, 0.4) is 0 Å². The van der Waals surface area contributed by atoms with E-state index in [0.717, 1.165) is 16.4 Å². The standard InChI is InChI=1S/C19H12N2O4/c22-17-8-6-14(21(23)24)9-12(17)11-20-13-5-7-16-15-3-1-2-4-18(15)25-19(16)10-13/h1-11,22H. The average Bonchev–Trinajstić information content (AvgIpc) is 2.98. The molecule has 0 aliphatic rings. The number of aliphatic imine (C=N–C) groups is 1.